The molecule has 0 aromatic heterocycles. The summed E-state index contributed by atoms with van der Waals surface area (Å²) in [6.45, 7) is 6.76. The smallest absolute Gasteiger partial charge is 0.207 e. The van der Waals surface area contributed by atoms with E-state index in [0.29, 0.717) is 0 Å². The van der Waals surface area contributed by atoms with Gasteiger partial charge in [-0.15, -0.1) is 0 Å². The van der Waals surface area contributed by atoms with Crippen molar-refractivity contribution in [2.45, 2.75) is 19.6 Å². The van der Waals surface area contributed by atoms with Gasteiger partial charge >= 0.3 is 0 Å². The lowest BCUT2D eigenvalue weighted by Crippen LogP contribution is -2.17. The van der Waals surface area contributed by atoms with Gasteiger partial charge in [-0.2, -0.15) is 0 Å². The van der Waals surface area contributed by atoms with E-state index >= 15 is 0 Å². The second kappa shape index (κ2) is 2.18. The Bertz CT molecular complexity index is 101. The summed E-state index contributed by atoms with van der Waals surface area (Å²) in [5.41, 5.74) is 0. The highest BCUT2D eigenvalue weighted by atomic mass is 16.6. The minimum absolute atomic E-state index is 0.176. The zero-order valence-corrected chi connectivity index (χ0v) is 5.11. The molecule has 2 heteroatoms. The Kier molecular flexibility index (Phi) is 1.53. The number of hydrogen-bond acceptors (Lipinski definition) is 2. The van der Waals surface area contributed by atoms with Crippen LogP contribution in [-0.2, 0) is 4.74 Å². The van der Waals surface area contributed by atoms with Crippen molar-refractivity contribution in [2.75, 3.05) is 6.54 Å². The third-order valence-corrected chi connectivity index (χ3v) is 1.08. The molecular formula is C6H11NO. The molecule has 1 saturated heterocycles. The molecule has 1 rings (SSSR count). The van der Waals surface area contributed by atoms with Crippen molar-refractivity contribution in [1.82, 2.24) is 5.32 Å². The van der Waals surface area contributed by atoms with Crippen molar-refractivity contribution >= 4 is 0 Å². The SMILES string of the molecule is C=C1OC1NCCC. The molecule has 1 atom stereocenters. The summed E-state index contributed by atoms with van der Waals surface area (Å²) < 4.78 is 4.91. The average Bonchev–Trinajstić information content (AvgIpc) is 2.42. The molecule has 0 aliphatic carbocycles. The van der Waals surface area contributed by atoms with Crippen LogP contribution in [0.25, 0.3) is 0 Å². The van der Waals surface area contributed by atoms with Crippen molar-refractivity contribution in [3.05, 3.63) is 12.3 Å². The molecule has 0 radical (unpaired) electrons. The van der Waals surface area contributed by atoms with E-state index in [9.17, 15) is 0 Å². The van der Waals surface area contributed by atoms with E-state index in [-0.39, 0.29) is 6.23 Å². The van der Waals surface area contributed by atoms with Gasteiger partial charge in [-0.05, 0) is 13.0 Å². The van der Waals surface area contributed by atoms with Gasteiger partial charge in [0.1, 0.15) is 5.76 Å². The van der Waals surface area contributed by atoms with Crippen LogP contribution in [0.4, 0.5) is 0 Å². The van der Waals surface area contributed by atoms with E-state index < -0.39 is 0 Å². The van der Waals surface area contributed by atoms with E-state index in [2.05, 4.69) is 18.8 Å². The summed E-state index contributed by atoms with van der Waals surface area (Å²) in [7, 11) is 0. The molecule has 0 spiro atoms. The summed E-state index contributed by atoms with van der Waals surface area (Å²) in [5.74, 6) is 0.874. The lowest BCUT2D eigenvalue weighted by Gasteiger charge is -1.90. The Morgan fingerprint density at radius 1 is 1.88 bits per heavy atom. The Hall–Kier alpha value is -0.500. The van der Waals surface area contributed by atoms with Gasteiger partial charge in [0.25, 0.3) is 0 Å². The van der Waals surface area contributed by atoms with E-state index in [0.717, 1.165) is 18.7 Å². The molecule has 0 bridgehead atoms. The van der Waals surface area contributed by atoms with Crippen LogP contribution in [0.15, 0.2) is 12.3 Å². The summed E-state index contributed by atoms with van der Waals surface area (Å²) >= 11 is 0. The fourth-order valence-corrected chi connectivity index (χ4v) is 0.548. The number of nitrogens with one attached hydrogen (secondary N) is 1. The van der Waals surface area contributed by atoms with Crippen LogP contribution in [-0.4, -0.2) is 12.8 Å². The second-order valence-corrected chi connectivity index (χ2v) is 1.92. The largest absolute Gasteiger partial charge is 0.467 e. The average molecular weight is 113 g/mol. The van der Waals surface area contributed by atoms with Crippen LogP contribution in [0.2, 0.25) is 0 Å². The molecule has 1 fully saturated rings. The third kappa shape index (κ3) is 1.23. The number of hydrogen-bond donors (Lipinski definition) is 1. The van der Waals surface area contributed by atoms with Crippen molar-refractivity contribution < 1.29 is 4.74 Å². The Morgan fingerprint density at radius 2 is 2.50 bits per heavy atom. The maximum Gasteiger partial charge on any atom is 0.207 e. The first-order valence-corrected chi connectivity index (χ1v) is 2.93. The monoisotopic (exact) mass is 113 g/mol. The lowest BCUT2D eigenvalue weighted by molar-refractivity contribution is 0.381. The van der Waals surface area contributed by atoms with E-state index in [1.54, 1.807) is 0 Å². The molecule has 1 N–H and O–H groups in total. The predicted molar refractivity (Wildman–Crippen MR) is 32.3 cm³/mol. The Labute approximate surface area is 49.5 Å². The van der Waals surface area contributed by atoms with Gasteiger partial charge in [0.2, 0.25) is 6.23 Å². The third-order valence-electron chi connectivity index (χ3n) is 1.08. The van der Waals surface area contributed by atoms with Crippen molar-refractivity contribution in [1.29, 1.82) is 0 Å². The maximum atomic E-state index is 4.91. The number of ether oxygens (including phenoxy) is 1. The predicted octanol–water partition coefficient (Wildman–Crippen LogP) is 0.856. The zero-order valence-electron chi connectivity index (χ0n) is 5.11. The van der Waals surface area contributed by atoms with Crippen LogP contribution in [0.3, 0.4) is 0 Å². The quantitative estimate of drug-likeness (QED) is 0.549. The summed E-state index contributed by atoms with van der Waals surface area (Å²) in [4.78, 5) is 0. The van der Waals surface area contributed by atoms with Gasteiger partial charge in [-0.3, -0.25) is 5.32 Å². The van der Waals surface area contributed by atoms with E-state index in [4.69, 9.17) is 4.74 Å². The molecule has 8 heavy (non-hydrogen) atoms. The van der Waals surface area contributed by atoms with E-state index in [1.807, 2.05) is 0 Å². The van der Waals surface area contributed by atoms with Gasteiger partial charge in [0.15, 0.2) is 0 Å². The molecule has 0 aromatic carbocycles. The molecule has 46 valence electrons. The lowest BCUT2D eigenvalue weighted by atomic mass is 10.5. The summed E-state index contributed by atoms with van der Waals surface area (Å²) in [5, 5.41) is 3.13. The Morgan fingerprint density at radius 3 is 2.88 bits per heavy atom. The highest BCUT2D eigenvalue weighted by Crippen LogP contribution is 2.20. The minimum Gasteiger partial charge on any atom is -0.467 e. The first kappa shape index (κ1) is 5.63. The van der Waals surface area contributed by atoms with Crippen molar-refractivity contribution in [2.24, 2.45) is 0 Å². The van der Waals surface area contributed by atoms with Crippen LogP contribution >= 0.6 is 0 Å². The fourth-order valence-electron chi connectivity index (χ4n) is 0.548. The highest BCUT2D eigenvalue weighted by molar-refractivity contribution is 5.05. The molecule has 1 aliphatic rings. The van der Waals surface area contributed by atoms with Gasteiger partial charge in [0.05, 0.1) is 0 Å². The van der Waals surface area contributed by atoms with Gasteiger partial charge in [-0.1, -0.05) is 13.5 Å². The van der Waals surface area contributed by atoms with Gasteiger partial charge < -0.3 is 4.74 Å². The van der Waals surface area contributed by atoms with Crippen LogP contribution < -0.4 is 5.32 Å². The normalized spacial score (nSPS) is 25.1. The molecule has 1 unspecified atom stereocenters. The summed E-state index contributed by atoms with van der Waals surface area (Å²) in [6.07, 6.45) is 1.32. The topological polar surface area (TPSA) is 24.6 Å². The molecular weight excluding hydrogens is 102 g/mol. The van der Waals surface area contributed by atoms with Crippen LogP contribution in [0, 0.1) is 0 Å². The first-order valence-electron chi connectivity index (χ1n) is 2.93. The van der Waals surface area contributed by atoms with Crippen molar-refractivity contribution in [3.8, 4) is 0 Å². The molecule has 0 amide bonds. The molecule has 1 heterocycles. The number of epoxide rings is 1. The molecule has 2 nitrogen and oxygen atoms in total. The van der Waals surface area contributed by atoms with Gasteiger partial charge in [-0.25, -0.2) is 0 Å². The second-order valence-electron chi connectivity index (χ2n) is 1.92. The first-order chi connectivity index (χ1) is 3.84. The Balaban J connectivity index is 1.97. The van der Waals surface area contributed by atoms with Crippen LogP contribution in [0.5, 0.6) is 0 Å². The standard InChI is InChI=1S/C6H11NO/c1-3-4-7-6-5(2)8-6/h6-7H,2-4H2,1H3. The van der Waals surface area contributed by atoms with E-state index in [1.165, 1.54) is 0 Å². The maximum absolute atomic E-state index is 4.91. The molecule has 0 aromatic rings. The minimum atomic E-state index is 0.176. The van der Waals surface area contributed by atoms with Gasteiger partial charge in [0, 0.05) is 0 Å². The molecule has 1 aliphatic heterocycles. The zero-order chi connectivity index (χ0) is 5.98. The number of rotatable bonds is 3. The van der Waals surface area contributed by atoms with Crippen molar-refractivity contribution in [3.63, 3.8) is 0 Å². The summed E-state index contributed by atoms with van der Waals surface area (Å²) in [6, 6.07) is 0. The molecule has 0 saturated carbocycles. The fraction of sp³-hybridized carbons (Fsp3) is 0.667. The highest BCUT2D eigenvalue weighted by Gasteiger charge is 2.28. The van der Waals surface area contributed by atoms with Crippen LogP contribution in [0.1, 0.15) is 13.3 Å².